The summed E-state index contributed by atoms with van der Waals surface area (Å²) in [7, 11) is -3.42. The Morgan fingerprint density at radius 3 is 2.24 bits per heavy atom. The maximum atomic E-state index is 12.4. The van der Waals surface area contributed by atoms with Crippen molar-refractivity contribution in [3.05, 3.63) is 24.3 Å². The molecule has 1 aliphatic carbocycles. The van der Waals surface area contributed by atoms with E-state index in [1.54, 1.807) is 24.3 Å². The molecule has 0 bridgehead atoms. The SMILES string of the molecule is CCOc1ccc(S(=O)(=O)NC2CCC(CC)CC2)cc1. The molecule has 5 heteroatoms. The minimum atomic E-state index is -3.42. The van der Waals surface area contributed by atoms with Crippen molar-refractivity contribution in [1.82, 2.24) is 4.72 Å². The molecule has 0 unspecified atom stereocenters. The van der Waals surface area contributed by atoms with Crippen molar-refractivity contribution in [2.45, 2.75) is 56.9 Å². The summed E-state index contributed by atoms with van der Waals surface area (Å²) in [4.78, 5) is 0.309. The van der Waals surface area contributed by atoms with E-state index >= 15 is 0 Å². The van der Waals surface area contributed by atoms with E-state index in [1.807, 2.05) is 6.92 Å². The lowest BCUT2D eigenvalue weighted by molar-refractivity contribution is 0.306. The van der Waals surface area contributed by atoms with Crippen LogP contribution in [-0.4, -0.2) is 21.1 Å². The van der Waals surface area contributed by atoms with Crippen molar-refractivity contribution >= 4 is 10.0 Å². The normalized spacial score (nSPS) is 23.0. The number of ether oxygens (including phenoxy) is 1. The molecule has 0 saturated heterocycles. The molecule has 0 amide bonds. The first-order chi connectivity index (χ1) is 10.0. The predicted molar refractivity (Wildman–Crippen MR) is 84.0 cm³/mol. The molecule has 1 saturated carbocycles. The van der Waals surface area contributed by atoms with Crippen LogP contribution in [0.4, 0.5) is 0 Å². The van der Waals surface area contributed by atoms with Crippen molar-refractivity contribution in [1.29, 1.82) is 0 Å². The standard InChI is InChI=1S/C16H25NO3S/c1-3-13-5-7-14(8-6-13)17-21(18,19)16-11-9-15(10-12-16)20-4-2/h9-14,17H,3-8H2,1-2H3. The van der Waals surface area contributed by atoms with E-state index in [0.717, 1.165) is 31.6 Å². The van der Waals surface area contributed by atoms with Gasteiger partial charge in [-0.25, -0.2) is 13.1 Å². The maximum absolute atomic E-state index is 12.4. The lowest BCUT2D eigenvalue weighted by Gasteiger charge is -2.28. The van der Waals surface area contributed by atoms with Crippen molar-refractivity contribution < 1.29 is 13.2 Å². The monoisotopic (exact) mass is 311 g/mol. The Hall–Kier alpha value is -1.07. The summed E-state index contributed by atoms with van der Waals surface area (Å²) in [5.41, 5.74) is 0. The van der Waals surface area contributed by atoms with E-state index in [9.17, 15) is 8.42 Å². The molecule has 0 aliphatic heterocycles. The lowest BCUT2D eigenvalue weighted by atomic mass is 9.85. The van der Waals surface area contributed by atoms with Crippen molar-refractivity contribution in [2.75, 3.05) is 6.61 Å². The number of hydrogen-bond donors (Lipinski definition) is 1. The molecule has 21 heavy (non-hydrogen) atoms. The molecule has 0 radical (unpaired) electrons. The summed E-state index contributed by atoms with van der Waals surface area (Å²) in [6.45, 7) is 4.68. The van der Waals surface area contributed by atoms with Gasteiger partial charge < -0.3 is 4.74 Å². The Labute approximate surface area is 127 Å². The van der Waals surface area contributed by atoms with E-state index in [-0.39, 0.29) is 6.04 Å². The Balaban J connectivity index is 1.98. The molecular weight excluding hydrogens is 286 g/mol. The Morgan fingerprint density at radius 2 is 1.71 bits per heavy atom. The molecule has 118 valence electrons. The minimum absolute atomic E-state index is 0.0735. The van der Waals surface area contributed by atoms with Crippen LogP contribution in [0.5, 0.6) is 5.75 Å². The fourth-order valence-electron chi connectivity index (χ4n) is 2.86. The highest BCUT2D eigenvalue weighted by atomic mass is 32.2. The van der Waals surface area contributed by atoms with E-state index < -0.39 is 10.0 Å². The second kappa shape index (κ2) is 7.27. The molecule has 0 heterocycles. The second-order valence-electron chi connectivity index (χ2n) is 5.65. The molecule has 0 aromatic heterocycles. The maximum Gasteiger partial charge on any atom is 0.240 e. The average Bonchev–Trinajstić information content (AvgIpc) is 2.48. The highest BCUT2D eigenvalue weighted by Gasteiger charge is 2.24. The van der Waals surface area contributed by atoms with Gasteiger partial charge in [-0.05, 0) is 62.8 Å². The van der Waals surface area contributed by atoms with Crippen LogP contribution in [0, 0.1) is 5.92 Å². The summed E-state index contributed by atoms with van der Waals surface area (Å²) in [5.74, 6) is 1.45. The zero-order valence-electron chi connectivity index (χ0n) is 12.8. The Morgan fingerprint density at radius 1 is 1.10 bits per heavy atom. The van der Waals surface area contributed by atoms with Gasteiger partial charge in [-0.1, -0.05) is 13.3 Å². The van der Waals surface area contributed by atoms with E-state index in [2.05, 4.69) is 11.6 Å². The Bertz CT molecular complexity index is 531. The first kappa shape index (κ1) is 16.3. The summed E-state index contributed by atoms with van der Waals surface area (Å²) in [6, 6.07) is 6.68. The summed E-state index contributed by atoms with van der Waals surface area (Å²) in [6.07, 6.45) is 5.31. The third-order valence-electron chi connectivity index (χ3n) is 4.19. The van der Waals surface area contributed by atoms with Crippen LogP contribution in [0.2, 0.25) is 0 Å². The van der Waals surface area contributed by atoms with Crippen LogP contribution in [0.1, 0.15) is 46.0 Å². The molecule has 2 rings (SSSR count). The predicted octanol–water partition coefficient (Wildman–Crippen LogP) is 3.33. The number of sulfonamides is 1. The van der Waals surface area contributed by atoms with Gasteiger partial charge in [0.2, 0.25) is 10.0 Å². The Kier molecular flexibility index (Phi) is 5.65. The third-order valence-corrected chi connectivity index (χ3v) is 5.73. The minimum Gasteiger partial charge on any atom is -0.494 e. The van der Waals surface area contributed by atoms with Gasteiger partial charge in [-0.15, -0.1) is 0 Å². The fourth-order valence-corrected chi connectivity index (χ4v) is 4.16. The van der Waals surface area contributed by atoms with Crippen LogP contribution in [0.15, 0.2) is 29.2 Å². The molecule has 4 nitrogen and oxygen atoms in total. The average molecular weight is 311 g/mol. The highest BCUT2D eigenvalue weighted by Crippen LogP contribution is 2.27. The highest BCUT2D eigenvalue weighted by molar-refractivity contribution is 7.89. The van der Waals surface area contributed by atoms with Crippen molar-refractivity contribution in [2.24, 2.45) is 5.92 Å². The van der Waals surface area contributed by atoms with Crippen LogP contribution < -0.4 is 9.46 Å². The molecule has 1 aromatic carbocycles. The molecule has 1 aromatic rings. The fraction of sp³-hybridized carbons (Fsp3) is 0.625. The van der Waals surface area contributed by atoms with E-state index in [4.69, 9.17) is 4.74 Å². The number of benzene rings is 1. The van der Waals surface area contributed by atoms with Crippen molar-refractivity contribution in [3.63, 3.8) is 0 Å². The lowest BCUT2D eigenvalue weighted by Crippen LogP contribution is -2.37. The quantitative estimate of drug-likeness (QED) is 0.876. The van der Waals surface area contributed by atoms with E-state index in [1.165, 1.54) is 6.42 Å². The topological polar surface area (TPSA) is 55.4 Å². The molecule has 1 fully saturated rings. The first-order valence-electron chi connectivity index (χ1n) is 7.80. The second-order valence-corrected chi connectivity index (χ2v) is 7.37. The van der Waals surface area contributed by atoms with Crippen LogP contribution >= 0.6 is 0 Å². The van der Waals surface area contributed by atoms with Gasteiger partial charge in [0.05, 0.1) is 11.5 Å². The molecule has 1 aliphatic rings. The van der Waals surface area contributed by atoms with Gasteiger partial charge in [0.25, 0.3) is 0 Å². The van der Waals surface area contributed by atoms with Crippen molar-refractivity contribution in [3.8, 4) is 5.75 Å². The van der Waals surface area contributed by atoms with Gasteiger partial charge in [-0.2, -0.15) is 0 Å². The molecule has 0 spiro atoms. The zero-order valence-corrected chi connectivity index (χ0v) is 13.7. The van der Waals surface area contributed by atoms with Crippen LogP contribution in [0.25, 0.3) is 0 Å². The number of hydrogen-bond acceptors (Lipinski definition) is 3. The molecule has 0 atom stereocenters. The van der Waals surface area contributed by atoms with Gasteiger partial charge in [0.1, 0.15) is 5.75 Å². The van der Waals surface area contributed by atoms with Crippen LogP contribution in [-0.2, 0) is 10.0 Å². The van der Waals surface area contributed by atoms with Gasteiger partial charge in [0, 0.05) is 6.04 Å². The van der Waals surface area contributed by atoms with Gasteiger partial charge in [0.15, 0.2) is 0 Å². The molecule has 1 N–H and O–H groups in total. The third kappa shape index (κ3) is 4.45. The largest absolute Gasteiger partial charge is 0.494 e. The summed E-state index contributed by atoms with van der Waals surface area (Å²) < 4.78 is 32.9. The number of nitrogens with one attached hydrogen (secondary N) is 1. The first-order valence-corrected chi connectivity index (χ1v) is 9.28. The molecular formula is C16H25NO3S. The number of rotatable bonds is 6. The van der Waals surface area contributed by atoms with Gasteiger partial charge >= 0.3 is 0 Å². The summed E-state index contributed by atoms with van der Waals surface area (Å²) >= 11 is 0. The van der Waals surface area contributed by atoms with E-state index in [0.29, 0.717) is 17.3 Å². The summed E-state index contributed by atoms with van der Waals surface area (Å²) in [5, 5.41) is 0. The van der Waals surface area contributed by atoms with Gasteiger partial charge in [-0.3, -0.25) is 0 Å². The smallest absolute Gasteiger partial charge is 0.240 e. The van der Waals surface area contributed by atoms with Crippen LogP contribution in [0.3, 0.4) is 0 Å². The zero-order chi connectivity index (χ0) is 15.3.